The van der Waals surface area contributed by atoms with Crippen molar-refractivity contribution >= 4 is 17.2 Å². The number of thiazole rings is 1. The molecule has 0 fully saturated rings. The number of ether oxygens (including phenoxy) is 2. The van der Waals surface area contributed by atoms with E-state index in [1.165, 1.54) is 11.3 Å². The highest BCUT2D eigenvalue weighted by atomic mass is 32.1. The lowest BCUT2D eigenvalue weighted by Crippen LogP contribution is -2.24. The molecule has 1 aliphatic heterocycles. The molecule has 0 unspecified atom stereocenters. The van der Waals surface area contributed by atoms with E-state index in [9.17, 15) is 4.79 Å². The number of amides is 1. The third-order valence-corrected chi connectivity index (χ3v) is 4.44. The monoisotopic (exact) mass is 356 g/mol. The smallest absolute Gasteiger partial charge is 0.271 e. The van der Waals surface area contributed by atoms with E-state index in [1.54, 1.807) is 5.38 Å². The fourth-order valence-corrected chi connectivity index (χ4v) is 3.20. The van der Waals surface area contributed by atoms with Crippen LogP contribution in [0.3, 0.4) is 0 Å². The van der Waals surface area contributed by atoms with Gasteiger partial charge in [-0.1, -0.05) is 24.0 Å². The summed E-state index contributed by atoms with van der Waals surface area (Å²) in [6.45, 7) is 6.48. The summed E-state index contributed by atoms with van der Waals surface area (Å²) in [5.41, 5.74) is 1.38. The molecule has 2 heterocycles. The number of hydrogen-bond donors (Lipinski definition) is 1. The maximum Gasteiger partial charge on any atom is 0.271 e. The lowest BCUT2D eigenvalue weighted by molar-refractivity contribution is 0.0954. The van der Waals surface area contributed by atoms with E-state index in [4.69, 9.17) is 9.47 Å². The predicted octanol–water partition coefficient (Wildman–Crippen LogP) is 2.98. The number of benzene rings is 1. The molecular formula is C19H20N2O3S. The summed E-state index contributed by atoms with van der Waals surface area (Å²) in [7, 11) is 0. The van der Waals surface area contributed by atoms with Crippen molar-refractivity contribution in [3.63, 3.8) is 0 Å². The number of para-hydroxylation sites is 1. The topological polar surface area (TPSA) is 60.5 Å². The van der Waals surface area contributed by atoms with Crippen LogP contribution in [0.15, 0.2) is 23.6 Å². The Bertz CT molecular complexity index is 846. The third kappa shape index (κ3) is 4.31. The van der Waals surface area contributed by atoms with Crippen LogP contribution in [-0.4, -0.2) is 29.6 Å². The van der Waals surface area contributed by atoms with Crippen molar-refractivity contribution in [3.8, 4) is 23.3 Å². The summed E-state index contributed by atoms with van der Waals surface area (Å²) >= 11 is 1.45. The minimum Gasteiger partial charge on any atom is -0.483 e. The number of nitrogens with zero attached hydrogens (tertiary/aromatic N) is 1. The second kappa shape index (κ2) is 7.16. The van der Waals surface area contributed by atoms with Gasteiger partial charge in [-0.2, -0.15) is 0 Å². The molecule has 0 atom stereocenters. The molecule has 0 spiro atoms. The highest BCUT2D eigenvalue weighted by Crippen LogP contribution is 2.41. The molecule has 130 valence electrons. The molecule has 0 saturated carbocycles. The van der Waals surface area contributed by atoms with Gasteiger partial charge in [-0.05, 0) is 26.8 Å². The number of aryl methyl sites for hydroxylation is 1. The van der Waals surface area contributed by atoms with Crippen LogP contribution in [0, 0.1) is 18.8 Å². The van der Waals surface area contributed by atoms with Crippen LogP contribution in [0.1, 0.15) is 34.9 Å². The van der Waals surface area contributed by atoms with Crippen LogP contribution in [-0.2, 0) is 6.42 Å². The first-order valence-electron chi connectivity index (χ1n) is 8.04. The number of hydrogen-bond acceptors (Lipinski definition) is 5. The maximum atomic E-state index is 11.8. The number of rotatable bonds is 4. The van der Waals surface area contributed by atoms with Gasteiger partial charge in [-0.25, -0.2) is 4.98 Å². The predicted molar refractivity (Wildman–Crippen MR) is 97.3 cm³/mol. The van der Waals surface area contributed by atoms with E-state index in [0.717, 1.165) is 22.7 Å². The summed E-state index contributed by atoms with van der Waals surface area (Å²) in [5.74, 6) is 7.08. The first kappa shape index (κ1) is 17.3. The molecular weight excluding hydrogens is 336 g/mol. The zero-order valence-electron chi connectivity index (χ0n) is 14.5. The molecule has 1 amide bonds. The fourth-order valence-electron chi connectivity index (χ4n) is 2.61. The Morgan fingerprint density at radius 3 is 3.04 bits per heavy atom. The molecule has 3 rings (SSSR count). The van der Waals surface area contributed by atoms with Gasteiger partial charge < -0.3 is 14.8 Å². The van der Waals surface area contributed by atoms with Crippen LogP contribution in [0.25, 0.3) is 0 Å². The van der Waals surface area contributed by atoms with Gasteiger partial charge in [0.05, 0.1) is 11.6 Å². The molecule has 0 saturated heterocycles. The van der Waals surface area contributed by atoms with E-state index in [2.05, 4.69) is 42.1 Å². The number of fused-ring (bicyclic) bond motifs is 1. The van der Waals surface area contributed by atoms with Crippen LogP contribution >= 0.6 is 11.3 Å². The van der Waals surface area contributed by atoms with Gasteiger partial charge >= 0.3 is 0 Å². The van der Waals surface area contributed by atoms with E-state index in [0.29, 0.717) is 11.4 Å². The number of carbonyl (C=O) groups is 1. The van der Waals surface area contributed by atoms with Crippen molar-refractivity contribution in [1.82, 2.24) is 10.3 Å². The van der Waals surface area contributed by atoms with E-state index in [-0.39, 0.29) is 24.7 Å². The largest absolute Gasteiger partial charge is 0.483 e. The molecule has 2 aromatic rings. The first-order valence-corrected chi connectivity index (χ1v) is 8.92. The Morgan fingerprint density at radius 2 is 2.28 bits per heavy atom. The first-order chi connectivity index (χ1) is 11.9. The van der Waals surface area contributed by atoms with E-state index in [1.807, 2.05) is 19.1 Å². The van der Waals surface area contributed by atoms with Crippen molar-refractivity contribution < 1.29 is 14.3 Å². The summed E-state index contributed by atoms with van der Waals surface area (Å²) in [6, 6.07) is 5.90. The average molecular weight is 356 g/mol. The van der Waals surface area contributed by atoms with Crippen LogP contribution in [0.4, 0.5) is 0 Å². The van der Waals surface area contributed by atoms with Crippen molar-refractivity contribution in [2.45, 2.75) is 32.8 Å². The summed E-state index contributed by atoms with van der Waals surface area (Å²) in [4.78, 5) is 15.9. The minimum absolute atomic E-state index is 0.203. The lowest BCUT2D eigenvalue weighted by Gasteiger charge is -2.17. The second-order valence-electron chi connectivity index (χ2n) is 6.36. The van der Waals surface area contributed by atoms with Gasteiger partial charge in [0.2, 0.25) is 0 Å². The standard InChI is InChI=1S/C19H20N2O3S/c1-13-21-15(12-25-13)18(22)20-9-4-5-10-23-16-8-6-7-14-11-19(2,3)24-17(14)16/h6-8,12H,9-11H2,1-3H3,(H,20,22). The molecule has 1 aromatic carbocycles. The van der Waals surface area contributed by atoms with Gasteiger partial charge in [0.15, 0.2) is 11.5 Å². The number of aromatic nitrogens is 1. The molecule has 5 nitrogen and oxygen atoms in total. The van der Waals surface area contributed by atoms with Crippen LogP contribution in [0.5, 0.6) is 11.5 Å². The molecule has 25 heavy (non-hydrogen) atoms. The summed E-state index contributed by atoms with van der Waals surface area (Å²) in [5, 5.41) is 5.32. The third-order valence-electron chi connectivity index (χ3n) is 3.67. The maximum absolute atomic E-state index is 11.8. The van der Waals surface area contributed by atoms with Gasteiger partial charge in [-0.15, -0.1) is 11.3 Å². The number of nitrogens with one attached hydrogen (secondary N) is 1. The van der Waals surface area contributed by atoms with Crippen molar-refractivity contribution in [2.24, 2.45) is 0 Å². The van der Waals surface area contributed by atoms with E-state index >= 15 is 0 Å². The molecule has 0 aliphatic carbocycles. The molecule has 6 heteroatoms. The van der Waals surface area contributed by atoms with Gasteiger partial charge in [0.1, 0.15) is 17.9 Å². The Balaban J connectivity index is 1.48. The van der Waals surface area contributed by atoms with Gasteiger partial charge in [-0.3, -0.25) is 4.79 Å². The molecule has 1 aliphatic rings. The van der Waals surface area contributed by atoms with E-state index < -0.39 is 0 Å². The normalized spacial score (nSPS) is 14.0. The fraction of sp³-hybridized carbons (Fsp3) is 0.368. The summed E-state index contributed by atoms with van der Waals surface area (Å²) in [6.07, 6.45) is 0.868. The minimum atomic E-state index is -0.212. The van der Waals surface area contributed by atoms with Crippen LogP contribution in [0.2, 0.25) is 0 Å². The highest BCUT2D eigenvalue weighted by Gasteiger charge is 2.32. The quantitative estimate of drug-likeness (QED) is 0.856. The zero-order valence-corrected chi connectivity index (χ0v) is 15.3. The van der Waals surface area contributed by atoms with Gasteiger partial charge in [0, 0.05) is 17.4 Å². The Kier molecular flexibility index (Phi) is 4.95. The Hall–Kier alpha value is -2.52. The Morgan fingerprint density at radius 1 is 1.44 bits per heavy atom. The molecule has 0 bridgehead atoms. The van der Waals surface area contributed by atoms with Crippen LogP contribution < -0.4 is 14.8 Å². The Labute approximate surface area is 151 Å². The summed E-state index contributed by atoms with van der Waals surface area (Å²) < 4.78 is 11.7. The van der Waals surface area contributed by atoms with Crippen molar-refractivity contribution in [1.29, 1.82) is 0 Å². The highest BCUT2D eigenvalue weighted by molar-refractivity contribution is 7.09. The molecule has 1 N–H and O–H groups in total. The zero-order chi connectivity index (χ0) is 17.9. The average Bonchev–Trinajstić information content (AvgIpc) is 3.12. The SMILES string of the molecule is Cc1nc(C(=O)NCC#CCOc2cccc3c2OC(C)(C)C3)cs1. The second-order valence-corrected chi connectivity index (χ2v) is 7.42. The van der Waals surface area contributed by atoms with Crippen molar-refractivity contribution in [3.05, 3.63) is 39.8 Å². The van der Waals surface area contributed by atoms with Gasteiger partial charge in [0.25, 0.3) is 5.91 Å². The number of carbonyl (C=O) groups excluding carboxylic acids is 1. The molecule has 1 aromatic heterocycles. The van der Waals surface area contributed by atoms with Crippen molar-refractivity contribution in [2.75, 3.05) is 13.2 Å². The lowest BCUT2D eigenvalue weighted by atomic mass is 10.0. The molecule has 0 radical (unpaired) electrons.